The molecular weight excluding hydrogens is 415 g/mol. The van der Waals surface area contributed by atoms with E-state index in [0.717, 1.165) is 6.42 Å². The second-order valence-corrected chi connectivity index (χ2v) is 6.70. The second-order valence-electron chi connectivity index (χ2n) is 5.89. The SMILES string of the molecule is CCCOc1ccc(C(=O)N/N=C/c2cc(Cl)c(OCC)c(Cl)c2)cc1OCC. The first-order valence-corrected chi connectivity index (χ1v) is 10.1. The van der Waals surface area contributed by atoms with Crippen LogP contribution in [0, 0.1) is 0 Å². The van der Waals surface area contributed by atoms with Gasteiger partial charge < -0.3 is 14.2 Å². The Morgan fingerprint density at radius 1 is 1.00 bits per heavy atom. The number of ether oxygens (including phenoxy) is 3. The summed E-state index contributed by atoms with van der Waals surface area (Å²) < 4.78 is 16.6. The molecular formula is C21H24Cl2N2O4. The minimum Gasteiger partial charge on any atom is -0.491 e. The summed E-state index contributed by atoms with van der Waals surface area (Å²) in [5.41, 5.74) is 3.50. The summed E-state index contributed by atoms with van der Waals surface area (Å²) >= 11 is 12.3. The fraction of sp³-hybridized carbons (Fsp3) is 0.333. The van der Waals surface area contributed by atoms with Crippen LogP contribution in [0.15, 0.2) is 35.4 Å². The maximum atomic E-state index is 12.4. The van der Waals surface area contributed by atoms with Crippen molar-refractivity contribution < 1.29 is 19.0 Å². The first-order valence-electron chi connectivity index (χ1n) is 9.35. The minimum absolute atomic E-state index is 0.371. The highest BCUT2D eigenvalue weighted by Gasteiger charge is 2.12. The lowest BCUT2D eigenvalue weighted by atomic mass is 10.2. The summed E-state index contributed by atoms with van der Waals surface area (Å²) in [4.78, 5) is 12.4. The Labute approximate surface area is 180 Å². The van der Waals surface area contributed by atoms with Gasteiger partial charge in [-0.3, -0.25) is 4.79 Å². The topological polar surface area (TPSA) is 69.2 Å². The van der Waals surface area contributed by atoms with Gasteiger partial charge in [-0.1, -0.05) is 30.1 Å². The van der Waals surface area contributed by atoms with Gasteiger partial charge in [-0.2, -0.15) is 5.10 Å². The molecule has 0 radical (unpaired) electrons. The van der Waals surface area contributed by atoms with Crippen molar-refractivity contribution in [3.05, 3.63) is 51.5 Å². The highest BCUT2D eigenvalue weighted by molar-refractivity contribution is 6.37. The number of rotatable bonds is 10. The zero-order chi connectivity index (χ0) is 21.2. The van der Waals surface area contributed by atoms with E-state index in [-0.39, 0.29) is 5.91 Å². The van der Waals surface area contributed by atoms with Gasteiger partial charge in [0.2, 0.25) is 0 Å². The Bertz CT molecular complexity index is 849. The number of carbonyl (C=O) groups is 1. The van der Waals surface area contributed by atoms with E-state index in [9.17, 15) is 4.79 Å². The third-order valence-electron chi connectivity index (χ3n) is 3.66. The molecule has 1 amide bonds. The normalized spacial score (nSPS) is 10.8. The number of hydrogen-bond donors (Lipinski definition) is 1. The summed E-state index contributed by atoms with van der Waals surface area (Å²) in [5.74, 6) is 1.16. The minimum atomic E-state index is -0.382. The fourth-order valence-electron chi connectivity index (χ4n) is 2.42. The van der Waals surface area contributed by atoms with Crippen LogP contribution >= 0.6 is 23.2 Å². The molecule has 0 spiro atoms. The molecule has 29 heavy (non-hydrogen) atoms. The van der Waals surface area contributed by atoms with Gasteiger partial charge in [-0.05, 0) is 56.2 Å². The van der Waals surface area contributed by atoms with Gasteiger partial charge >= 0.3 is 0 Å². The molecule has 156 valence electrons. The lowest BCUT2D eigenvalue weighted by Gasteiger charge is -2.12. The molecule has 0 heterocycles. The molecule has 0 atom stereocenters. The molecule has 0 fully saturated rings. The summed E-state index contributed by atoms with van der Waals surface area (Å²) in [6.07, 6.45) is 2.33. The lowest BCUT2D eigenvalue weighted by Crippen LogP contribution is -2.17. The first kappa shape index (κ1) is 22.8. The molecule has 2 rings (SSSR count). The highest BCUT2D eigenvalue weighted by Crippen LogP contribution is 2.33. The van der Waals surface area contributed by atoms with Crippen LogP contribution in [0.3, 0.4) is 0 Å². The maximum absolute atomic E-state index is 12.4. The molecule has 1 N–H and O–H groups in total. The van der Waals surface area contributed by atoms with E-state index < -0.39 is 0 Å². The van der Waals surface area contributed by atoms with E-state index in [1.807, 2.05) is 20.8 Å². The van der Waals surface area contributed by atoms with Gasteiger partial charge in [0.1, 0.15) is 0 Å². The third kappa shape index (κ3) is 6.54. The summed E-state index contributed by atoms with van der Waals surface area (Å²) in [6.45, 7) is 7.22. The van der Waals surface area contributed by atoms with E-state index in [2.05, 4.69) is 10.5 Å². The molecule has 0 aliphatic rings. The van der Waals surface area contributed by atoms with E-state index in [1.54, 1.807) is 30.3 Å². The number of amides is 1. The Morgan fingerprint density at radius 3 is 2.31 bits per heavy atom. The van der Waals surface area contributed by atoms with Crippen LogP contribution in [0.25, 0.3) is 0 Å². The Balaban J connectivity index is 2.09. The van der Waals surface area contributed by atoms with Gasteiger partial charge in [-0.15, -0.1) is 0 Å². The van der Waals surface area contributed by atoms with Crippen molar-refractivity contribution in [3.8, 4) is 17.2 Å². The average molecular weight is 439 g/mol. The molecule has 0 aliphatic carbocycles. The molecule has 2 aromatic rings. The van der Waals surface area contributed by atoms with Crippen molar-refractivity contribution in [3.63, 3.8) is 0 Å². The quantitative estimate of drug-likeness (QED) is 0.401. The summed E-state index contributed by atoms with van der Waals surface area (Å²) in [6, 6.07) is 8.31. The van der Waals surface area contributed by atoms with Gasteiger partial charge in [-0.25, -0.2) is 5.43 Å². The van der Waals surface area contributed by atoms with Crippen molar-refractivity contribution >= 4 is 35.3 Å². The molecule has 0 unspecified atom stereocenters. The van der Waals surface area contributed by atoms with Crippen LogP contribution in [0.1, 0.15) is 43.1 Å². The first-order chi connectivity index (χ1) is 14.0. The van der Waals surface area contributed by atoms with Crippen LogP contribution in [0.2, 0.25) is 10.0 Å². The molecule has 2 aromatic carbocycles. The zero-order valence-electron chi connectivity index (χ0n) is 16.6. The van der Waals surface area contributed by atoms with Gasteiger partial charge in [0.25, 0.3) is 5.91 Å². The Kier molecular flexibility index (Phi) is 9.09. The number of benzene rings is 2. The number of halogens is 2. The van der Waals surface area contributed by atoms with E-state index in [4.69, 9.17) is 37.4 Å². The van der Waals surface area contributed by atoms with Crippen molar-refractivity contribution in [1.29, 1.82) is 0 Å². The molecule has 0 aromatic heterocycles. The van der Waals surface area contributed by atoms with Crippen molar-refractivity contribution in [2.24, 2.45) is 5.10 Å². The predicted octanol–water partition coefficient (Wildman–Crippen LogP) is 5.34. The standard InChI is InChI=1S/C21H24Cl2N2O4/c1-4-9-29-18-8-7-15(12-19(18)27-5-2)21(26)25-24-13-14-10-16(22)20(28-6-3)17(23)11-14/h7-8,10-13H,4-6,9H2,1-3H3,(H,25,26)/b24-13+. The number of nitrogens with one attached hydrogen (secondary N) is 1. The van der Waals surface area contributed by atoms with E-state index in [0.29, 0.717) is 58.2 Å². The molecule has 0 saturated heterocycles. The van der Waals surface area contributed by atoms with Crippen LogP contribution in [0.4, 0.5) is 0 Å². The van der Waals surface area contributed by atoms with E-state index >= 15 is 0 Å². The van der Waals surface area contributed by atoms with Gasteiger partial charge in [0.05, 0.1) is 36.1 Å². The molecule has 6 nitrogen and oxygen atoms in total. The average Bonchev–Trinajstić information content (AvgIpc) is 2.70. The van der Waals surface area contributed by atoms with Crippen LogP contribution in [0.5, 0.6) is 17.2 Å². The summed E-state index contributed by atoms with van der Waals surface area (Å²) in [5, 5.41) is 4.71. The van der Waals surface area contributed by atoms with E-state index in [1.165, 1.54) is 6.21 Å². The van der Waals surface area contributed by atoms with Crippen molar-refractivity contribution in [1.82, 2.24) is 5.43 Å². The Morgan fingerprint density at radius 2 is 1.69 bits per heavy atom. The zero-order valence-corrected chi connectivity index (χ0v) is 18.1. The number of carbonyl (C=O) groups excluding carboxylic acids is 1. The second kappa shape index (κ2) is 11.5. The van der Waals surface area contributed by atoms with Crippen molar-refractivity contribution in [2.75, 3.05) is 19.8 Å². The lowest BCUT2D eigenvalue weighted by molar-refractivity contribution is 0.0954. The van der Waals surface area contributed by atoms with Crippen molar-refractivity contribution in [2.45, 2.75) is 27.2 Å². The van der Waals surface area contributed by atoms with Crippen LogP contribution < -0.4 is 19.6 Å². The third-order valence-corrected chi connectivity index (χ3v) is 4.22. The number of hydrogen-bond acceptors (Lipinski definition) is 5. The van der Waals surface area contributed by atoms with Gasteiger partial charge in [0, 0.05) is 5.56 Å². The van der Waals surface area contributed by atoms with Gasteiger partial charge in [0.15, 0.2) is 17.2 Å². The summed E-state index contributed by atoms with van der Waals surface area (Å²) in [7, 11) is 0. The number of nitrogens with zero attached hydrogens (tertiary/aromatic N) is 1. The molecule has 8 heteroatoms. The maximum Gasteiger partial charge on any atom is 0.271 e. The molecule has 0 saturated carbocycles. The molecule has 0 bridgehead atoms. The smallest absolute Gasteiger partial charge is 0.271 e. The highest BCUT2D eigenvalue weighted by atomic mass is 35.5. The Hall–Kier alpha value is -2.44. The number of hydrazone groups is 1. The molecule has 0 aliphatic heterocycles. The van der Waals surface area contributed by atoms with Crippen LogP contribution in [-0.2, 0) is 0 Å². The largest absolute Gasteiger partial charge is 0.491 e. The van der Waals surface area contributed by atoms with Crippen LogP contribution in [-0.4, -0.2) is 31.9 Å². The predicted molar refractivity (Wildman–Crippen MR) is 116 cm³/mol. The monoisotopic (exact) mass is 438 g/mol. The fourth-order valence-corrected chi connectivity index (χ4v) is 3.03.